The maximum Gasteiger partial charge on any atom is 0.408 e. The lowest BCUT2D eigenvalue weighted by Crippen LogP contribution is -2.55. The van der Waals surface area contributed by atoms with Crippen LogP contribution in [0.2, 0.25) is 0 Å². The Morgan fingerprint density at radius 1 is 1.03 bits per heavy atom. The van der Waals surface area contributed by atoms with Gasteiger partial charge in [0.1, 0.15) is 17.7 Å². The lowest BCUT2D eigenvalue weighted by molar-refractivity contribution is -0.144. The largest absolute Gasteiger partial charge is 0.444 e. The first-order valence-electron chi connectivity index (χ1n) is 11.5. The Kier molecular flexibility index (Phi) is 10.4. The third kappa shape index (κ3) is 8.68. The van der Waals surface area contributed by atoms with E-state index in [1.54, 1.807) is 34.6 Å². The molecule has 0 aliphatic heterocycles. The van der Waals surface area contributed by atoms with Crippen LogP contribution in [0.3, 0.4) is 0 Å². The molecule has 8 nitrogen and oxygen atoms in total. The van der Waals surface area contributed by atoms with Gasteiger partial charge in [-0.05, 0) is 71.1 Å². The van der Waals surface area contributed by atoms with Crippen LogP contribution in [0.4, 0.5) is 4.79 Å². The minimum absolute atomic E-state index is 0.0683. The second-order valence-electron chi connectivity index (χ2n) is 10.0. The van der Waals surface area contributed by atoms with E-state index in [1.165, 1.54) is 4.90 Å². The van der Waals surface area contributed by atoms with Crippen molar-refractivity contribution >= 4 is 17.9 Å². The van der Waals surface area contributed by atoms with Crippen molar-refractivity contribution in [2.24, 2.45) is 5.92 Å². The van der Waals surface area contributed by atoms with Crippen molar-refractivity contribution in [3.05, 3.63) is 34.9 Å². The monoisotopic (exact) mass is 463 g/mol. The molecule has 1 aromatic rings. The molecule has 2 atom stereocenters. The summed E-state index contributed by atoms with van der Waals surface area (Å²) >= 11 is 0. The Hall–Kier alpha value is -2.61. The fourth-order valence-electron chi connectivity index (χ4n) is 3.37. The molecule has 0 aliphatic rings. The highest BCUT2D eigenvalue weighted by molar-refractivity contribution is 5.92. The lowest BCUT2D eigenvalue weighted by Gasteiger charge is -2.35. The molecular formula is C25H41N3O5. The van der Waals surface area contributed by atoms with E-state index < -0.39 is 29.7 Å². The number of nitrogens with zero attached hydrogens (tertiary/aromatic N) is 1. The topological polar surface area (TPSA) is 108 Å². The molecule has 0 aromatic heterocycles. The number of aliphatic hydroxyl groups is 1. The van der Waals surface area contributed by atoms with Gasteiger partial charge in [0.05, 0.1) is 6.61 Å². The summed E-state index contributed by atoms with van der Waals surface area (Å²) in [6, 6.07) is 3.55. The summed E-state index contributed by atoms with van der Waals surface area (Å²) in [5.41, 5.74) is 1.96. The number of carbonyl (C=O) groups excluding carboxylic acids is 3. The summed E-state index contributed by atoms with van der Waals surface area (Å²) < 4.78 is 5.33. The normalized spacial score (nSPS) is 13.5. The quantitative estimate of drug-likeness (QED) is 0.521. The third-order valence-electron chi connectivity index (χ3n) is 5.07. The zero-order chi connectivity index (χ0) is 25.5. The highest BCUT2D eigenvalue weighted by Gasteiger charge is 2.37. The predicted molar refractivity (Wildman–Crippen MR) is 129 cm³/mol. The second kappa shape index (κ2) is 12.0. The van der Waals surface area contributed by atoms with Gasteiger partial charge in [-0.3, -0.25) is 9.59 Å². The van der Waals surface area contributed by atoms with Crippen LogP contribution >= 0.6 is 0 Å². The van der Waals surface area contributed by atoms with Crippen LogP contribution in [0.25, 0.3) is 0 Å². The number of hydrogen-bond acceptors (Lipinski definition) is 5. The van der Waals surface area contributed by atoms with Gasteiger partial charge in [0, 0.05) is 12.6 Å². The van der Waals surface area contributed by atoms with Crippen LogP contribution < -0.4 is 10.6 Å². The Balaban J connectivity index is 3.44. The van der Waals surface area contributed by atoms with Gasteiger partial charge in [0.25, 0.3) is 0 Å². The molecule has 3 amide bonds. The average Bonchev–Trinajstić information content (AvgIpc) is 2.65. The first-order valence-corrected chi connectivity index (χ1v) is 11.5. The molecule has 0 fully saturated rings. The van der Waals surface area contributed by atoms with Crippen LogP contribution in [0.15, 0.2) is 18.2 Å². The van der Waals surface area contributed by atoms with Crippen LogP contribution in [-0.4, -0.2) is 58.8 Å². The van der Waals surface area contributed by atoms with E-state index >= 15 is 0 Å². The molecule has 33 heavy (non-hydrogen) atoms. The molecule has 186 valence electrons. The number of aryl methyl sites for hydroxylation is 2. The number of alkyl carbamates (subject to hydrolysis) is 1. The van der Waals surface area contributed by atoms with Crippen molar-refractivity contribution < 1.29 is 24.2 Å². The van der Waals surface area contributed by atoms with E-state index in [1.807, 2.05) is 45.9 Å². The molecule has 3 N–H and O–H groups in total. The van der Waals surface area contributed by atoms with E-state index in [2.05, 4.69) is 10.6 Å². The van der Waals surface area contributed by atoms with Crippen LogP contribution in [-0.2, 0) is 14.3 Å². The number of aliphatic hydroxyl groups excluding tert-OH is 1. The SMILES string of the molecule is Cc1ccc(C(C(=O)NC(C)C)N(CCO)C(=O)C(NC(=O)OC(C)(C)C)C(C)C)cc1C. The zero-order valence-electron chi connectivity index (χ0n) is 21.5. The molecule has 0 radical (unpaired) electrons. The van der Waals surface area contributed by atoms with E-state index in [0.29, 0.717) is 5.56 Å². The number of rotatable bonds is 9. The maximum absolute atomic E-state index is 13.7. The molecule has 2 unspecified atom stereocenters. The smallest absolute Gasteiger partial charge is 0.408 e. The Morgan fingerprint density at radius 2 is 1.64 bits per heavy atom. The molecule has 0 saturated carbocycles. The summed E-state index contributed by atoms with van der Waals surface area (Å²) in [6.07, 6.45) is -0.715. The molecular weight excluding hydrogens is 422 g/mol. The van der Waals surface area contributed by atoms with Gasteiger partial charge in [-0.2, -0.15) is 0 Å². The zero-order valence-corrected chi connectivity index (χ0v) is 21.5. The fourth-order valence-corrected chi connectivity index (χ4v) is 3.37. The van der Waals surface area contributed by atoms with Crippen LogP contribution in [0.5, 0.6) is 0 Å². The van der Waals surface area contributed by atoms with E-state index in [4.69, 9.17) is 4.74 Å². The van der Waals surface area contributed by atoms with Crippen LogP contribution in [0, 0.1) is 19.8 Å². The molecule has 1 rings (SSSR count). The van der Waals surface area contributed by atoms with Gasteiger partial charge < -0.3 is 25.4 Å². The summed E-state index contributed by atoms with van der Waals surface area (Å²) in [6.45, 7) is 16.0. The summed E-state index contributed by atoms with van der Waals surface area (Å²) in [5, 5.41) is 15.3. The van der Waals surface area contributed by atoms with Gasteiger partial charge in [0.15, 0.2) is 0 Å². The van der Waals surface area contributed by atoms with Crippen LogP contribution in [0.1, 0.15) is 71.2 Å². The molecule has 1 aromatic carbocycles. The maximum atomic E-state index is 13.7. The minimum atomic E-state index is -0.965. The Morgan fingerprint density at radius 3 is 2.09 bits per heavy atom. The Bertz CT molecular complexity index is 830. The Labute approximate surface area is 198 Å². The predicted octanol–water partition coefficient (Wildman–Crippen LogP) is 3.24. The highest BCUT2D eigenvalue weighted by Crippen LogP contribution is 2.26. The standard InChI is InChI=1S/C25H41N3O5/c1-15(2)20(27-24(32)33-25(7,8)9)23(31)28(12-13-29)21(22(30)26-16(3)4)19-11-10-17(5)18(6)14-19/h10-11,14-16,20-21,29H,12-13H2,1-9H3,(H,26,30)(H,27,32). The first kappa shape index (κ1) is 28.4. The van der Waals surface area contributed by atoms with Crippen molar-refractivity contribution in [2.75, 3.05) is 13.2 Å². The van der Waals surface area contributed by atoms with Crippen molar-refractivity contribution in [1.82, 2.24) is 15.5 Å². The summed E-state index contributed by atoms with van der Waals surface area (Å²) in [4.78, 5) is 40.7. The van der Waals surface area contributed by atoms with Gasteiger partial charge in [-0.1, -0.05) is 32.0 Å². The number of benzene rings is 1. The number of hydrogen-bond donors (Lipinski definition) is 3. The molecule has 8 heteroatoms. The van der Waals surface area contributed by atoms with Crippen molar-refractivity contribution in [1.29, 1.82) is 0 Å². The van der Waals surface area contributed by atoms with Crippen molar-refractivity contribution in [3.63, 3.8) is 0 Å². The van der Waals surface area contributed by atoms with Crippen molar-refractivity contribution in [3.8, 4) is 0 Å². The molecule has 0 bridgehead atoms. The summed E-state index contributed by atoms with van der Waals surface area (Å²) in [5.74, 6) is -1.10. The molecule has 0 spiro atoms. The second-order valence-corrected chi connectivity index (χ2v) is 10.0. The van der Waals surface area contributed by atoms with Crippen molar-refractivity contribution in [2.45, 2.75) is 86.0 Å². The molecule has 0 heterocycles. The molecule has 0 aliphatic carbocycles. The van der Waals surface area contributed by atoms with Gasteiger partial charge in [0.2, 0.25) is 11.8 Å². The van der Waals surface area contributed by atoms with E-state index in [9.17, 15) is 19.5 Å². The number of ether oxygens (including phenoxy) is 1. The first-order chi connectivity index (χ1) is 15.2. The van der Waals surface area contributed by atoms with E-state index in [-0.39, 0.29) is 31.0 Å². The van der Waals surface area contributed by atoms with Gasteiger partial charge in [-0.25, -0.2) is 4.79 Å². The molecule has 0 saturated heterocycles. The van der Waals surface area contributed by atoms with Gasteiger partial charge >= 0.3 is 6.09 Å². The lowest BCUT2D eigenvalue weighted by atomic mass is 9.96. The van der Waals surface area contributed by atoms with E-state index in [0.717, 1.165) is 11.1 Å². The fraction of sp³-hybridized carbons (Fsp3) is 0.640. The minimum Gasteiger partial charge on any atom is -0.444 e. The highest BCUT2D eigenvalue weighted by atomic mass is 16.6. The summed E-state index contributed by atoms with van der Waals surface area (Å²) in [7, 11) is 0. The third-order valence-corrected chi connectivity index (χ3v) is 5.07. The number of amides is 3. The number of nitrogens with one attached hydrogen (secondary N) is 2. The average molecular weight is 464 g/mol. The number of carbonyl (C=O) groups is 3. The van der Waals surface area contributed by atoms with Gasteiger partial charge in [-0.15, -0.1) is 0 Å².